The number of carbonyl (C=O) groups excluding carboxylic acids is 1. The largest absolute Gasteiger partial charge is 0.311 e. The van der Waals surface area contributed by atoms with Gasteiger partial charge in [-0.3, -0.25) is 4.79 Å². The van der Waals surface area contributed by atoms with E-state index in [4.69, 9.17) is 0 Å². The minimum Gasteiger partial charge on any atom is -0.311 e. The van der Waals surface area contributed by atoms with Gasteiger partial charge < -0.3 is 4.90 Å². The van der Waals surface area contributed by atoms with E-state index in [1.54, 1.807) is 4.90 Å². The van der Waals surface area contributed by atoms with Crippen molar-refractivity contribution in [2.45, 2.75) is 13.8 Å². The first-order valence-electron chi connectivity index (χ1n) is 5.42. The van der Waals surface area contributed by atoms with Crippen LogP contribution in [0.4, 0.5) is 5.69 Å². The van der Waals surface area contributed by atoms with E-state index < -0.39 is 0 Å². The van der Waals surface area contributed by atoms with E-state index >= 15 is 0 Å². The molecule has 0 aliphatic carbocycles. The van der Waals surface area contributed by atoms with Crippen molar-refractivity contribution in [3.05, 3.63) is 41.0 Å². The molecule has 80 valence electrons. The Morgan fingerprint density at radius 2 is 1.94 bits per heavy atom. The zero-order chi connectivity index (χ0) is 11.4. The average Bonchev–Trinajstić information content (AvgIpc) is 2.53. The molecule has 0 bridgehead atoms. The summed E-state index contributed by atoms with van der Waals surface area (Å²) in [6.07, 6.45) is 0. The standard InChI is InChI=1S/C14H13NO/c1-8-7-12-13-10(9(8)2)5-4-6-11(13)14(16)15(12)3/h4-7H,1-3H3. The van der Waals surface area contributed by atoms with E-state index in [1.807, 2.05) is 19.2 Å². The van der Waals surface area contributed by atoms with E-state index in [0.29, 0.717) is 0 Å². The highest BCUT2D eigenvalue weighted by Gasteiger charge is 2.27. The van der Waals surface area contributed by atoms with Gasteiger partial charge in [0.2, 0.25) is 0 Å². The Balaban J connectivity index is 2.57. The Bertz CT molecular complexity index is 628. The maximum atomic E-state index is 12.0. The Hall–Kier alpha value is -1.83. The predicted molar refractivity (Wildman–Crippen MR) is 66.2 cm³/mol. The molecular formula is C14H13NO. The minimum atomic E-state index is 0.102. The van der Waals surface area contributed by atoms with Gasteiger partial charge in [0, 0.05) is 18.0 Å². The molecule has 1 aliphatic heterocycles. The molecule has 3 rings (SSSR count). The predicted octanol–water partition coefficient (Wildman–Crippen LogP) is 3.05. The lowest BCUT2D eigenvalue weighted by molar-refractivity contribution is 0.0999. The smallest absolute Gasteiger partial charge is 0.258 e. The van der Waals surface area contributed by atoms with Crippen LogP contribution in [0.5, 0.6) is 0 Å². The molecule has 0 saturated heterocycles. The summed E-state index contributed by atoms with van der Waals surface area (Å²) in [5, 5.41) is 2.31. The van der Waals surface area contributed by atoms with E-state index in [2.05, 4.69) is 26.0 Å². The van der Waals surface area contributed by atoms with Gasteiger partial charge in [-0.1, -0.05) is 12.1 Å². The van der Waals surface area contributed by atoms with Crippen molar-refractivity contribution in [3.63, 3.8) is 0 Å². The molecule has 1 heterocycles. The van der Waals surface area contributed by atoms with Gasteiger partial charge in [0.05, 0.1) is 5.69 Å². The van der Waals surface area contributed by atoms with Crippen LogP contribution in [0.1, 0.15) is 21.5 Å². The van der Waals surface area contributed by atoms with Crippen molar-refractivity contribution in [2.75, 3.05) is 11.9 Å². The van der Waals surface area contributed by atoms with Gasteiger partial charge in [0.15, 0.2) is 0 Å². The third-order valence-corrected chi connectivity index (χ3v) is 3.57. The molecule has 1 aliphatic rings. The molecule has 2 heteroatoms. The summed E-state index contributed by atoms with van der Waals surface area (Å²) in [5.74, 6) is 0.102. The van der Waals surface area contributed by atoms with Crippen LogP contribution in [0, 0.1) is 13.8 Å². The summed E-state index contributed by atoms with van der Waals surface area (Å²) in [4.78, 5) is 13.8. The molecule has 0 fully saturated rings. The van der Waals surface area contributed by atoms with Gasteiger partial charge >= 0.3 is 0 Å². The van der Waals surface area contributed by atoms with Gasteiger partial charge in [0.25, 0.3) is 5.91 Å². The highest BCUT2D eigenvalue weighted by molar-refractivity contribution is 6.25. The molecule has 2 aromatic carbocycles. The van der Waals surface area contributed by atoms with E-state index in [0.717, 1.165) is 16.6 Å². The summed E-state index contributed by atoms with van der Waals surface area (Å²) in [5.41, 5.74) is 4.38. The monoisotopic (exact) mass is 211 g/mol. The second-order valence-corrected chi connectivity index (χ2v) is 4.43. The van der Waals surface area contributed by atoms with Crippen molar-refractivity contribution in [1.29, 1.82) is 0 Å². The van der Waals surface area contributed by atoms with Gasteiger partial charge in [-0.25, -0.2) is 0 Å². The lowest BCUT2D eigenvalue weighted by atomic mass is 9.98. The molecule has 0 N–H and O–H groups in total. The summed E-state index contributed by atoms with van der Waals surface area (Å²) in [7, 11) is 1.84. The van der Waals surface area contributed by atoms with Gasteiger partial charge in [-0.15, -0.1) is 0 Å². The zero-order valence-corrected chi connectivity index (χ0v) is 9.66. The highest BCUT2D eigenvalue weighted by atomic mass is 16.2. The van der Waals surface area contributed by atoms with Crippen LogP contribution in [-0.4, -0.2) is 13.0 Å². The molecular weight excluding hydrogens is 198 g/mol. The fourth-order valence-corrected chi connectivity index (χ4v) is 2.47. The number of hydrogen-bond acceptors (Lipinski definition) is 1. The molecule has 0 atom stereocenters. The fourth-order valence-electron chi connectivity index (χ4n) is 2.47. The van der Waals surface area contributed by atoms with Crippen LogP contribution < -0.4 is 4.90 Å². The third-order valence-electron chi connectivity index (χ3n) is 3.57. The molecule has 2 aromatic rings. The number of hydrogen-bond donors (Lipinski definition) is 0. The first-order valence-corrected chi connectivity index (χ1v) is 5.42. The highest BCUT2D eigenvalue weighted by Crippen LogP contribution is 2.39. The fraction of sp³-hybridized carbons (Fsp3) is 0.214. The van der Waals surface area contributed by atoms with Crippen LogP contribution in [0.2, 0.25) is 0 Å². The number of nitrogens with zero attached hydrogens (tertiary/aromatic N) is 1. The van der Waals surface area contributed by atoms with Crippen LogP contribution in [0.15, 0.2) is 24.3 Å². The molecule has 16 heavy (non-hydrogen) atoms. The minimum absolute atomic E-state index is 0.102. The quantitative estimate of drug-likeness (QED) is 0.656. The van der Waals surface area contributed by atoms with Crippen molar-refractivity contribution >= 4 is 22.4 Å². The Morgan fingerprint density at radius 1 is 1.19 bits per heavy atom. The van der Waals surface area contributed by atoms with Gasteiger partial charge in [-0.2, -0.15) is 0 Å². The second kappa shape index (κ2) is 2.85. The SMILES string of the molecule is Cc1cc2c3c(cccc3c1C)C(=O)N2C. The number of amides is 1. The molecule has 0 unspecified atom stereocenters. The number of benzene rings is 2. The normalized spacial score (nSPS) is 13.9. The zero-order valence-electron chi connectivity index (χ0n) is 9.66. The third kappa shape index (κ3) is 0.941. The number of carbonyl (C=O) groups is 1. The van der Waals surface area contributed by atoms with E-state index in [9.17, 15) is 4.79 Å². The van der Waals surface area contributed by atoms with Crippen LogP contribution in [-0.2, 0) is 0 Å². The summed E-state index contributed by atoms with van der Waals surface area (Å²) in [6, 6.07) is 8.07. The first-order chi connectivity index (χ1) is 7.61. The van der Waals surface area contributed by atoms with Crippen molar-refractivity contribution < 1.29 is 4.79 Å². The molecule has 0 radical (unpaired) electrons. The van der Waals surface area contributed by atoms with Gasteiger partial charge in [0.1, 0.15) is 0 Å². The summed E-state index contributed by atoms with van der Waals surface area (Å²) >= 11 is 0. The van der Waals surface area contributed by atoms with Gasteiger partial charge in [-0.05, 0) is 42.5 Å². The number of rotatable bonds is 0. The molecule has 2 nitrogen and oxygen atoms in total. The average molecular weight is 211 g/mol. The summed E-state index contributed by atoms with van der Waals surface area (Å²) in [6.45, 7) is 4.20. The van der Waals surface area contributed by atoms with Crippen molar-refractivity contribution in [3.8, 4) is 0 Å². The molecule has 0 aromatic heterocycles. The lowest BCUT2D eigenvalue weighted by Gasteiger charge is -2.12. The van der Waals surface area contributed by atoms with E-state index in [1.165, 1.54) is 16.5 Å². The number of anilines is 1. The molecule has 0 spiro atoms. The Morgan fingerprint density at radius 3 is 2.69 bits per heavy atom. The number of aryl methyl sites for hydroxylation is 2. The topological polar surface area (TPSA) is 20.3 Å². The molecule has 0 saturated carbocycles. The Kier molecular flexibility index (Phi) is 1.67. The van der Waals surface area contributed by atoms with Crippen molar-refractivity contribution in [1.82, 2.24) is 0 Å². The van der Waals surface area contributed by atoms with Crippen molar-refractivity contribution in [2.24, 2.45) is 0 Å². The molecule has 1 amide bonds. The van der Waals surface area contributed by atoms with Crippen LogP contribution in [0.3, 0.4) is 0 Å². The maximum absolute atomic E-state index is 12.0. The maximum Gasteiger partial charge on any atom is 0.258 e. The van der Waals surface area contributed by atoms with Crippen LogP contribution >= 0.6 is 0 Å². The summed E-state index contributed by atoms with van der Waals surface area (Å²) < 4.78 is 0. The first kappa shape index (κ1) is 9.40. The lowest BCUT2D eigenvalue weighted by Crippen LogP contribution is -2.20. The second-order valence-electron chi connectivity index (χ2n) is 4.43. The van der Waals surface area contributed by atoms with E-state index in [-0.39, 0.29) is 5.91 Å². The Labute approximate surface area is 94.5 Å². The van der Waals surface area contributed by atoms with Crippen LogP contribution in [0.25, 0.3) is 10.8 Å².